The monoisotopic (exact) mass is 341 g/mol. The predicted octanol–water partition coefficient (Wildman–Crippen LogP) is 2.02. The molecular weight excluding hydrogens is 313 g/mol. The minimum absolute atomic E-state index is 0.318. The average Bonchev–Trinajstić information content (AvgIpc) is 2.81. The average molecular weight is 341 g/mol. The van der Waals surface area contributed by atoms with Crippen LogP contribution in [0, 0.1) is 11.3 Å². The molecule has 0 radical (unpaired) electrons. The minimum Gasteiger partial charge on any atom is -0.399 e. The highest BCUT2D eigenvalue weighted by Crippen LogP contribution is 2.36. The van der Waals surface area contributed by atoms with E-state index in [4.69, 9.17) is 14.6 Å². The predicted molar refractivity (Wildman–Crippen MR) is 101 cm³/mol. The maximum atomic E-state index is 8.72. The molecule has 2 fully saturated rings. The van der Waals surface area contributed by atoms with Gasteiger partial charge in [-0.25, -0.2) is 0 Å². The van der Waals surface area contributed by atoms with Crippen LogP contribution in [0.5, 0.6) is 0 Å². The highest BCUT2D eigenvalue weighted by atomic mass is 16.7. The third-order valence-electron chi connectivity index (χ3n) is 5.67. The summed E-state index contributed by atoms with van der Waals surface area (Å²) in [6.07, 6.45) is 0.609. The molecule has 0 aromatic heterocycles. The lowest BCUT2D eigenvalue weighted by atomic mass is 9.79. The van der Waals surface area contributed by atoms with E-state index >= 15 is 0 Å². The molecule has 3 rings (SSSR count). The summed E-state index contributed by atoms with van der Waals surface area (Å²) in [6.45, 7) is 13.2. The van der Waals surface area contributed by atoms with Crippen LogP contribution in [0.4, 0.5) is 5.69 Å². The molecule has 2 saturated heterocycles. The molecular formula is C19H28BN3O2. The minimum atomic E-state index is -0.319. The van der Waals surface area contributed by atoms with Crippen LogP contribution in [0.3, 0.4) is 0 Å². The van der Waals surface area contributed by atoms with Crippen molar-refractivity contribution in [2.24, 2.45) is 0 Å². The zero-order chi connectivity index (χ0) is 18.1. The molecule has 0 N–H and O–H groups in total. The Kier molecular flexibility index (Phi) is 5.10. The first kappa shape index (κ1) is 18.3. The largest absolute Gasteiger partial charge is 0.494 e. The third kappa shape index (κ3) is 3.84. The first-order valence-electron chi connectivity index (χ1n) is 9.12. The number of hydrogen-bond donors (Lipinski definition) is 0. The van der Waals surface area contributed by atoms with Crippen LogP contribution < -0.4 is 10.4 Å². The van der Waals surface area contributed by atoms with Crippen LogP contribution >= 0.6 is 0 Å². The molecule has 0 bridgehead atoms. The molecule has 2 aliphatic rings. The summed E-state index contributed by atoms with van der Waals surface area (Å²) in [5.41, 5.74) is 1.65. The summed E-state index contributed by atoms with van der Waals surface area (Å²) in [4.78, 5) is 4.76. The van der Waals surface area contributed by atoms with Gasteiger partial charge in [0.15, 0.2) is 0 Å². The van der Waals surface area contributed by atoms with Crippen LogP contribution in [0.1, 0.15) is 34.1 Å². The van der Waals surface area contributed by atoms with E-state index in [2.05, 4.69) is 67.8 Å². The molecule has 25 heavy (non-hydrogen) atoms. The van der Waals surface area contributed by atoms with Crippen LogP contribution in [0.15, 0.2) is 24.3 Å². The summed E-state index contributed by atoms with van der Waals surface area (Å²) in [5, 5.41) is 8.72. The van der Waals surface area contributed by atoms with Gasteiger partial charge in [0.1, 0.15) is 0 Å². The maximum absolute atomic E-state index is 8.72. The topological polar surface area (TPSA) is 48.7 Å². The molecule has 5 nitrogen and oxygen atoms in total. The first-order valence-corrected chi connectivity index (χ1v) is 9.12. The second-order valence-electron chi connectivity index (χ2n) is 7.92. The number of piperazine rings is 1. The van der Waals surface area contributed by atoms with Gasteiger partial charge < -0.3 is 14.2 Å². The van der Waals surface area contributed by atoms with Crippen molar-refractivity contribution in [1.29, 1.82) is 5.26 Å². The lowest BCUT2D eigenvalue weighted by Crippen LogP contribution is -2.47. The van der Waals surface area contributed by atoms with Gasteiger partial charge in [-0.2, -0.15) is 5.26 Å². The highest BCUT2D eigenvalue weighted by molar-refractivity contribution is 6.62. The first-order chi connectivity index (χ1) is 11.8. The molecule has 134 valence electrons. The third-order valence-corrected chi connectivity index (χ3v) is 5.67. The van der Waals surface area contributed by atoms with Crippen LogP contribution in [-0.4, -0.2) is 55.9 Å². The molecule has 0 amide bonds. The Morgan fingerprint density at radius 2 is 1.72 bits per heavy atom. The van der Waals surface area contributed by atoms with Gasteiger partial charge in [-0.3, -0.25) is 4.90 Å². The number of anilines is 1. The Labute approximate surface area is 151 Å². The van der Waals surface area contributed by atoms with E-state index < -0.39 is 0 Å². The molecule has 6 heteroatoms. The van der Waals surface area contributed by atoms with Crippen molar-refractivity contribution in [2.75, 3.05) is 37.6 Å². The lowest BCUT2D eigenvalue weighted by Gasteiger charge is -2.36. The smallest absolute Gasteiger partial charge is 0.399 e. The standard InChI is InChI=1S/C19H28BN3O2/c1-18(2)19(3,4)25-20(24-18)16-7-5-8-17(15-16)23-13-11-22(12-14-23)10-6-9-21/h5,7-8,15H,6,10-14H2,1-4H3. The van der Waals surface area contributed by atoms with Gasteiger partial charge in [0, 0.05) is 44.8 Å². The van der Waals surface area contributed by atoms with E-state index in [0.717, 1.165) is 38.2 Å². The Balaban J connectivity index is 1.66. The molecule has 1 aromatic rings. The molecule has 2 aliphatic heterocycles. The maximum Gasteiger partial charge on any atom is 0.494 e. The molecule has 1 aromatic carbocycles. The fraction of sp³-hybridized carbons (Fsp3) is 0.632. The second kappa shape index (κ2) is 6.99. The zero-order valence-corrected chi connectivity index (χ0v) is 15.8. The zero-order valence-electron chi connectivity index (χ0n) is 15.8. The van der Waals surface area contributed by atoms with Crippen LogP contribution in [0.2, 0.25) is 0 Å². The molecule has 0 spiro atoms. The summed E-state index contributed by atoms with van der Waals surface area (Å²) in [7, 11) is -0.318. The lowest BCUT2D eigenvalue weighted by molar-refractivity contribution is 0.00578. The fourth-order valence-electron chi connectivity index (χ4n) is 3.29. The highest BCUT2D eigenvalue weighted by Gasteiger charge is 2.51. The van der Waals surface area contributed by atoms with E-state index in [9.17, 15) is 0 Å². The van der Waals surface area contributed by atoms with Crippen molar-refractivity contribution in [3.05, 3.63) is 24.3 Å². The van der Waals surface area contributed by atoms with Crippen molar-refractivity contribution in [2.45, 2.75) is 45.3 Å². The van der Waals surface area contributed by atoms with E-state index in [-0.39, 0.29) is 18.3 Å². The van der Waals surface area contributed by atoms with Gasteiger partial charge >= 0.3 is 7.12 Å². The van der Waals surface area contributed by atoms with Crippen molar-refractivity contribution >= 4 is 18.3 Å². The summed E-state index contributed by atoms with van der Waals surface area (Å²) < 4.78 is 12.3. The Morgan fingerprint density at radius 3 is 2.32 bits per heavy atom. The van der Waals surface area contributed by atoms with Gasteiger partial charge in [-0.05, 0) is 45.3 Å². The Hall–Kier alpha value is -1.55. The van der Waals surface area contributed by atoms with E-state index in [1.54, 1.807) is 0 Å². The van der Waals surface area contributed by atoms with Gasteiger partial charge in [0.2, 0.25) is 0 Å². The number of nitriles is 1. The molecule has 0 unspecified atom stereocenters. The van der Waals surface area contributed by atoms with Crippen LogP contribution in [0.25, 0.3) is 0 Å². The van der Waals surface area contributed by atoms with Gasteiger partial charge in [-0.15, -0.1) is 0 Å². The second-order valence-corrected chi connectivity index (χ2v) is 7.92. The van der Waals surface area contributed by atoms with Gasteiger partial charge in [0.05, 0.1) is 17.3 Å². The SMILES string of the molecule is CC1(C)OB(c2cccc(N3CCN(CCC#N)CC3)c2)OC1(C)C. The number of hydrogen-bond acceptors (Lipinski definition) is 5. The summed E-state index contributed by atoms with van der Waals surface area (Å²) in [5.74, 6) is 0. The normalized spacial score (nSPS) is 22.8. The molecule has 2 heterocycles. The number of rotatable bonds is 4. The number of nitrogens with zero attached hydrogens (tertiary/aromatic N) is 3. The Morgan fingerprint density at radius 1 is 1.08 bits per heavy atom. The Bertz CT molecular complexity index is 632. The molecule has 0 atom stereocenters. The van der Waals surface area contributed by atoms with Gasteiger partial charge in [-0.1, -0.05) is 12.1 Å². The fourth-order valence-corrected chi connectivity index (χ4v) is 3.29. The molecule has 0 aliphatic carbocycles. The summed E-state index contributed by atoms with van der Waals surface area (Å²) in [6, 6.07) is 10.7. The summed E-state index contributed by atoms with van der Waals surface area (Å²) >= 11 is 0. The van der Waals surface area contributed by atoms with Crippen molar-refractivity contribution in [3.8, 4) is 6.07 Å². The number of benzene rings is 1. The van der Waals surface area contributed by atoms with Crippen LogP contribution in [-0.2, 0) is 9.31 Å². The van der Waals surface area contributed by atoms with Crippen molar-refractivity contribution < 1.29 is 9.31 Å². The van der Waals surface area contributed by atoms with Crippen molar-refractivity contribution in [1.82, 2.24) is 4.90 Å². The van der Waals surface area contributed by atoms with E-state index in [1.165, 1.54) is 5.69 Å². The van der Waals surface area contributed by atoms with Crippen molar-refractivity contribution in [3.63, 3.8) is 0 Å². The van der Waals surface area contributed by atoms with E-state index in [0.29, 0.717) is 6.42 Å². The molecule has 0 saturated carbocycles. The van der Waals surface area contributed by atoms with Gasteiger partial charge in [0.25, 0.3) is 0 Å². The quantitative estimate of drug-likeness (QED) is 0.785. The van der Waals surface area contributed by atoms with E-state index in [1.807, 2.05) is 0 Å².